The Bertz CT molecular complexity index is 478. The summed E-state index contributed by atoms with van der Waals surface area (Å²) in [5.74, 6) is 0.425. The van der Waals surface area contributed by atoms with Crippen molar-refractivity contribution in [3.63, 3.8) is 0 Å². The first-order valence-corrected chi connectivity index (χ1v) is 7.44. The molecule has 0 bridgehead atoms. The Morgan fingerprint density at radius 2 is 2.19 bits per heavy atom. The third-order valence-electron chi connectivity index (χ3n) is 3.16. The second kappa shape index (κ2) is 8.20. The fourth-order valence-corrected chi connectivity index (χ4v) is 1.98. The van der Waals surface area contributed by atoms with Crippen LogP contribution in [0.5, 0.6) is 0 Å². The number of nitrogens with zero attached hydrogens (tertiary/aromatic N) is 1. The Balaban J connectivity index is 2.61. The van der Waals surface area contributed by atoms with Gasteiger partial charge in [-0.1, -0.05) is 25.4 Å². The number of ether oxygens (including phenoxy) is 1. The van der Waals surface area contributed by atoms with E-state index in [0.29, 0.717) is 29.6 Å². The fraction of sp³-hybridized carbons (Fsp3) is 0.600. The summed E-state index contributed by atoms with van der Waals surface area (Å²) in [5.41, 5.74) is 0.441. The molecule has 5 nitrogen and oxygen atoms in total. The highest BCUT2D eigenvalue weighted by molar-refractivity contribution is 6.33. The van der Waals surface area contributed by atoms with Gasteiger partial charge in [-0.15, -0.1) is 0 Å². The van der Waals surface area contributed by atoms with E-state index in [2.05, 4.69) is 29.5 Å². The van der Waals surface area contributed by atoms with Gasteiger partial charge < -0.3 is 15.4 Å². The third-order valence-corrected chi connectivity index (χ3v) is 3.45. The minimum atomic E-state index is -0.169. The monoisotopic (exact) mass is 313 g/mol. The molecule has 0 unspecified atom stereocenters. The van der Waals surface area contributed by atoms with Crippen molar-refractivity contribution >= 4 is 23.3 Å². The Hall–Kier alpha value is -1.33. The lowest BCUT2D eigenvalue weighted by Crippen LogP contribution is -2.34. The topological polar surface area (TPSA) is 63.2 Å². The molecule has 21 heavy (non-hydrogen) atoms. The zero-order valence-electron chi connectivity index (χ0n) is 13.1. The fourth-order valence-electron chi connectivity index (χ4n) is 1.75. The first-order valence-electron chi connectivity index (χ1n) is 7.06. The molecule has 0 radical (unpaired) electrons. The summed E-state index contributed by atoms with van der Waals surface area (Å²) >= 11 is 6.09. The van der Waals surface area contributed by atoms with Crippen LogP contribution in [-0.2, 0) is 4.74 Å². The molecule has 1 aromatic rings. The van der Waals surface area contributed by atoms with Crippen LogP contribution in [0, 0.1) is 5.41 Å². The van der Waals surface area contributed by atoms with E-state index in [9.17, 15) is 4.79 Å². The summed E-state index contributed by atoms with van der Waals surface area (Å²) in [5, 5.41) is 6.39. The van der Waals surface area contributed by atoms with Gasteiger partial charge in [-0.2, -0.15) is 0 Å². The number of aromatic nitrogens is 1. The minimum absolute atomic E-state index is 0.0212. The van der Waals surface area contributed by atoms with E-state index in [1.54, 1.807) is 13.2 Å². The van der Waals surface area contributed by atoms with Crippen molar-refractivity contribution in [3.05, 3.63) is 22.8 Å². The molecule has 1 aromatic heterocycles. The first kappa shape index (κ1) is 17.7. The number of methoxy groups -OCH3 is 1. The summed E-state index contributed by atoms with van der Waals surface area (Å²) in [4.78, 5) is 16.3. The molecule has 0 aromatic carbocycles. The van der Waals surface area contributed by atoms with Gasteiger partial charge in [0.15, 0.2) is 0 Å². The van der Waals surface area contributed by atoms with Crippen LogP contribution in [0.25, 0.3) is 0 Å². The smallest absolute Gasteiger partial charge is 0.252 e. The first-order chi connectivity index (χ1) is 9.89. The van der Waals surface area contributed by atoms with E-state index in [1.165, 1.54) is 6.20 Å². The van der Waals surface area contributed by atoms with Gasteiger partial charge in [-0.3, -0.25) is 4.79 Å². The highest BCUT2D eigenvalue weighted by Crippen LogP contribution is 2.21. The van der Waals surface area contributed by atoms with Crippen LogP contribution >= 0.6 is 11.6 Å². The largest absolute Gasteiger partial charge is 0.385 e. The van der Waals surface area contributed by atoms with Crippen LogP contribution < -0.4 is 10.6 Å². The van der Waals surface area contributed by atoms with Crippen LogP contribution in [0.15, 0.2) is 12.3 Å². The van der Waals surface area contributed by atoms with Gasteiger partial charge in [0, 0.05) is 33.0 Å². The maximum Gasteiger partial charge on any atom is 0.252 e. The van der Waals surface area contributed by atoms with Crippen molar-refractivity contribution in [3.8, 4) is 0 Å². The van der Waals surface area contributed by atoms with Gasteiger partial charge in [-0.25, -0.2) is 4.98 Å². The number of carbonyl (C=O) groups excluding carboxylic acids is 1. The Morgan fingerprint density at radius 3 is 2.76 bits per heavy atom. The van der Waals surface area contributed by atoms with E-state index >= 15 is 0 Å². The molecule has 0 aliphatic carbocycles. The molecule has 0 saturated heterocycles. The molecule has 1 rings (SSSR count). The number of pyridine rings is 1. The summed E-state index contributed by atoms with van der Waals surface area (Å²) in [7, 11) is 1.67. The standard InChI is InChI=1S/C15H24ClN3O2/c1-5-17-13-12(16)8-11(9-18-13)14(20)19-10-15(2,3)6-7-21-4/h8-9H,5-7,10H2,1-4H3,(H,17,18)(H,19,20). The average Bonchev–Trinajstić information content (AvgIpc) is 2.45. The molecule has 1 heterocycles. The molecular weight excluding hydrogens is 290 g/mol. The molecular formula is C15H24ClN3O2. The van der Waals surface area contributed by atoms with Gasteiger partial charge in [-0.05, 0) is 24.8 Å². The van der Waals surface area contributed by atoms with Crippen molar-refractivity contribution in [2.24, 2.45) is 5.41 Å². The molecule has 0 fully saturated rings. The van der Waals surface area contributed by atoms with Gasteiger partial charge in [0.25, 0.3) is 5.91 Å². The SMILES string of the molecule is CCNc1ncc(C(=O)NCC(C)(C)CCOC)cc1Cl. The third kappa shape index (κ3) is 5.89. The lowest BCUT2D eigenvalue weighted by molar-refractivity contribution is 0.0920. The van der Waals surface area contributed by atoms with E-state index in [0.717, 1.165) is 13.0 Å². The maximum atomic E-state index is 12.1. The predicted octanol–water partition coefficient (Wildman–Crippen LogP) is 2.96. The van der Waals surface area contributed by atoms with Crippen molar-refractivity contribution in [1.82, 2.24) is 10.3 Å². The van der Waals surface area contributed by atoms with Crippen molar-refractivity contribution in [1.29, 1.82) is 0 Å². The summed E-state index contributed by atoms with van der Waals surface area (Å²) in [6.07, 6.45) is 2.41. The van der Waals surface area contributed by atoms with Crippen LogP contribution in [0.2, 0.25) is 5.02 Å². The van der Waals surface area contributed by atoms with E-state index in [4.69, 9.17) is 16.3 Å². The van der Waals surface area contributed by atoms with Crippen LogP contribution in [0.3, 0.4) is 0 Å². The molecule has 0 aliphatic heterocycles. The molecule has 0 spiro atoms. The van der Waals surface area contributed by atoms with Crippen molar-refractivity contribution in [2.75, 3.05) is 32.1 Å². The summed E-state index contributed by atoms with van der Waals surface area (Å²) in [6.45, 7) is 8.11. The Morgan fingerprint density at radius 1 is 1.48 bits per heavy atom. The van der Waals surface area contributed by atoms with Gasteiger partial charge >= 0.3 is 0 Å². The Kier molecular flexibility index (Phi) is 6.92. The Labute approximate surface area is 131 Å². The second-order valence-electron chi connectivity index (χ2n) is 5.67. The molecule has 0 aliphatic rings. The molecule has 1 amide bonds. The van der Waals surface area contributed by atoms with E-state index in [-0.39, 0.29) is 11.3 Å². The molecule has 0 atom stereocenters. The van der Waals surface area contributed by atoms with E-state index in [1.807, 2.05) is 6.92 Å². The summed E-state index contributed by atoms with van der Waals surface area (Å²) in [6, 6.07) is 1.63. The number of hydrogen-bond donors (Lipinski definition) is 2. The van der Waals surface area contributed by atoms with E-state index < -0.39 is 0 Å². The number of nitrogens with one attached hydrogen (secondary N) is 2. The van der Waals surface area contributed by atoms with Crippen molar-refractivity contribution < 1.29 is 9.53 Å². The van der Waals surface area contributed by atoms with Gasteiger partial charge in [0.05, 0.1) is 10.6 Å². The minimum Gasteiger partial charge on any atom is -0.385 e. The second-order valence-corrected chi connectivity index (χ2v) is 6.08. The van der Waals surface area contributed by atoms with Crippen LogP contribution in [0.1, 0.15) is 37.6 Å². The highest BCUT2D eigenvalue weighted by atomic mass is 35.5. The molecule has 2 N–H and O–H groups in total. The number of amides is 1. The molecule has 6 heteroatoms. The molecule has 0 saturated carbocycles. The number of halogens is 1. The van der Waals surface area contributed by atoms with Gasteiger partial charge in [0.2, 0.25) is 0 Å². The predicted molar refractivity (Wildman–Crippen MR) is 86.0 cm³/mol. The molecule has 118 valence electrons. The number of hydrogen-bond acceptors (Lipinski definition) is 4. The van der Waals surface area contributed by atoms with Crippen LogP contribution in [-0.4, -0.2) is 37.7 Å². The average molecular weight is 314 g/mol. The van der Waals surface area contributed by atoms with Crippen molar-refractivity contribution in [2.45, 2.75) is 27.2 Å². The van der Waals surface area contributed by atoms with Crippen LogP contribution in [0.4, 0.5) is 5.82 Å². The number of rotatable bonds is 8. The van der Waals surface area contributed by atoms with Gasteiger partial charge in [0.1, 0.15) is 5.82 Å². The lowest BCUT2D eigenvalue weighted by Gasteiger charge is -2.24. The number of anilines is 1. The summed E-state index contributed by atoms with van der Waals surface area (Å²) < 4.78 is 5.07. The zero-order valence-corrected chi connectivity index (χ0v) is 13.9. The maximum absolute atomic E-state index is 12.1. The normalized spacial score (nSPS) is 11.3. The number of carbonyl (C=O) groups is 1. The zero-order chi connectivity index (χ0) is 15.9. The quantitative estimate of drug-likeness (QED) is 0.774. The highest BCUT2D eigenvalue weighted by Gasteiger charge is 2.19. The lowest BCUT2D eigenvalue weighted by atomic mass is 9.89.